The van der Waals surface area contributed by atoms with Crippen molar-refractivity contribution in [2.24, 2.45) is 11.3 Å². The van der Waals surface area contributed by atoms with Crippen LogP contribution in [0.1, 0.15) is 38.5 Å². The molecule has 20 heavy (non-hydrogen) atoms. The summed E-state index contributed by atoms with van der Waals surface area (Å²) in [6, 6.07) is 0. The van der Waals surface area contributed by atoms with E-state index in [2.05, 4.69) is 10.2 Å². The van der Waals surface area contributed by atoms with Crippen LogP contribution in [-0.2, 0) is 9.53 Å². The number of likely N-dealkylation sites (tertiary alicyclic amines) is 1. The summed E-state index contributed by atoms with van der Waals surface area (Å²) in [4.78, 5) is 14.5. The maximum absolute atomic E-state index is 12.4. The second-order valence-electron chi connectivity index (χ2n) is 6.58. The Bertz CT molecular complexity index is 326. The third kappa shape index (κ3) is 3.66. The molecule has 3 fully saturated rings. The third-order valence-electron chi connectivity index (χ3n) is 5.27. The molecule has 0 bridgehead atoms. The number of piperidine rings is 1. The lowest BCUT2D eigenvalue weighted by Crippen LogP contribution is -2.37. The fraction of sp³-hybridized carbons (Fsp3) is 0.933. The molecule has 0 radical (unpaired) electrons. The maximum atomic E-state index is 12.4. The van der Waals surface area contributed by atoms with Crippen molar-refractivity contribution in [2.45, 2.75) is 38.5 Å². The molecule has 0 aliphatic carbocycles. The molecule has 3 aliphatic rings. The molecule has 0 aromatic heterocycles. The number of hydrogen-bond donors (Lipinski definition) is 1. The van der Waals surface area contributed by atoms with E-state index in [0.717, 1.165) is 58.7 Å². The van der Waals surface area contributed by atoms with Crippen molar-refractivity contribution in [3.05, 3.63) is 0 Å². The Morgan fingerprint density at radius 3 is 2.60 bits per heavy atom. The third-order valence-corrected chi connectivity index (χ3v) is 5.27. The highest BCUT2D eigenvalue weighted by molar-refractivity contribution is 5.85. The van der Waals surface area contributed by atoms with Crippen LogP contribution in [0.25, 0.3) is 0 Å². The van der Waals surface area contributed by atoms with E-state index in [4.69, 9.17) is 4.74 Å². The van der Waals surface area contributed by atoms with Crippen LogP contribution in [0.3, 0.4) is 0 Å². The topological polar surface area (TPSA) is 41.6 Å². The van der Waals surface area contributed by atoms with Gasteiger partial charge in [0.05, 0.1) is 0 Å². The summed E-state index contributed by atoms with van der Waals surface area (Å²) in [5, 5.41) is 3.37. The SMILES string of the molecule is Cl.O=C(CC1CCNCC1)N1CCC2(CCOCC2)C1. The van der Waals surface area contributed by atoms with Crippen molar-refractivity contribution in [3.63, 3.8) is 0 Å². The molecule has 0 aromatic rings. The molecule has 0 atom stereocenters. The number of carbonyl (C=O) groups is 1. The number of halogens is 1. The van der Waals surface area contributed by atoms with Gasteiger partial charge in [-0.1, -0.05) is 0 Å². The molecule has 1 N–H and O–H groups in total. The van der Waals surface area contributed by atoms with Gasteiger partial charge in [-0.2, -0.15) is 0 Å². The molecule has 1 spiro atoms. The van der Waals surface area contributed by atoms with Crippen LogP contribution in [0, 0.1) is 11.3 Å². The molecular weight excluding hydrogens is 276 g/mol. The lowest BCUT2D eigenvalue weighted by molar-refractivity contribution is -0.132. The van der Waals surface area contributed by atoms with Gasteiger partial charge in [0.2, 0.25) is 5.91 Å². The largest absolute Gasteiger partial charge is 0.381 e. The van der Waals surface area contributed by atoms with Gasteiger partial charge in [0.15, 0.2) is 0 Å². The quantitative estimate of drug-likeness (QED) is 0.846. The van der Waals surface area contributed by atoms with Crippen LogP contribution in [-0.4, -0.2) is 50.2 Å². The zero-order valence-corrected chi connectivity index (χ0v) is 13.1. The predicted molar refractivity (Wildman–Crippen MR) is 81.1 cm³/mol. The normalized spacial score (nSPS) is 26.5. The number of rotatable bonds is 2. The highest BCUT2D eigenvalue weighted by Gasteiger charge is 2.41. The van der Waals surface area contributed by atoms with Gasteiger partial charge in [-0.3, -0.25) is 4.79 Å². The Morgan fingerprint density at radius 2 is 1.90 bits per heavy atom. The summed E-state index contributed by atoms with van der Waals surface area (Å²) in [5.74, 6) is 1.01. The molecule has 4 nitrogen and oxygen atoms in total. The first-order valence-electron chi connectivity index (χ1n) is 7.84. The van der Waals surface area contributed by atoms with Crippen molar-refractivity contribution in [3.8, 4) is 0 Å². The van der Waals surface area contributed by atoms with Crippen molar-refractivity contribution in [1.29, 1.82) is 0 Å². The van der Waals surface area contributed by atoms with Gasteiger partial charge in [0.25, 0.3) is 0 Å². The van der Waals surface area contributed by atoms with Gasteiger partial charge in [-0.15, -0.1) is 12.4 Å². The molecule has 0 aromatic carbocycles. The summed E-state index contributed by atoms with van der Waals surface area (Å²) in [7, 11) is 0. The highest BCUT2D eigenvalue weighted by atomic mass is 35.5. The molecular formula is C15H27ClN2O2. The summed E-state index contributed by atoms with van der Waals surface area (Å²) in [6.45, 7) is 5.90. The minimum absolute atomic E-state index is 0. The Kier molecular flexibility index (Phi) is 5.70. The fourth-order valence-electron chi connectivity index (χ4n) is 3.82. The molecule has 3 heterocycles. The van der Waals surface area contributed by atoms with E-state index in [1.54, 1.807) is 0 Å². The van der Waals surface area contributed by atoms with Gasteiger partial charge < -0.3 is 15.0 Å². The van der Waals surface area contributed by atoms with Gasteiger partial charge in [0, 0.05) is 32.7 Å². The number of ether oxygens (including phenoxy) is 1. The van der Waals surface area contributed by atoms with Crippen LogP contribution in [0.4, 0.5) is 0 Å². The summed E-state index contributed by atoms with van der Waals surface area (Å²) in [5.41, 5.74) is 0.391. The van der Waals surface area contributed by atoms with Crippen LogP contribution < -0.4 is 5.32 Å². The maximum Gasteiger partial charge on any atom is 0.222 e. The van der Waals surface area contributed by atoms with Gasteiger partial charge in [-0.25, -0.2) is 0 Å². The average molecular weight is 303 g/mol. The highest BCUT2D eigenvalue weighted by Crippen LogP contribution is 2.40. The van der Waals surface area contributed by atoms with E-state index in [1.165, 1.54) is 19.3 Å². The van der Waals surface area contributed by atoms with Crippen LogP contribution in [0.2, 0.25) is 0 Å². The Labute approximate surface area is 128 Å². The van der Waals surface area contributed by atoms with Gasteiger partial charge in [-0.05, 0) is 56.5 Å². The Morgan fingerprint density at radius 1 is 1.20 bits per heavy atom. The smallest absolute Gasteiger partial charge is 0.222 e. The van der Waals surface area contributed by atoms with Crippen LogP contribution >= 0.6 is 12.4 Å². The van der Waals surface area contributed by atoms with Crippen LogP contribution in [0.5, 0.6) is 0 Å². The molecule has 5 heteroatoms. The van der Waals surface area contributed by atoms with E-state index >= 15 is 0 Å². The van der Waals surface area contributed by atoms with Crippen molar-refractivity contribution in [2.75, 3.05) is 39.4 Å². The van der Waals surface area contributed by atoms with E-state index in [0.29, 0.717) is 17.2 Å². The summed E-state index contributed by atoms with van der Waals surface area (Å²) in [6.07, 6.45) is 6.58. The van der Waals surface area contributed by atoms with E-state index in [1.807, 2.05) is 0 Å². The summed E-state index contributed by atoms with van der Waals surface area (Å²) < 4.78 is 5.46. The number of amides is 1. The minimum atomic E-state index is 0. The van der Waals surface area contributed by atoms with E-state index in [-0.39, 0.29) is 12.4 Å². The van der Waals surface area contributed by atoms with Crippen LogP contribution in [0.15, 0.2) is 0 Å². The predicted octanol–water partition coefficient (Wildman–Crippen LogP) is 1.83. The zero-order valence-electron chi connectivity index (χ0n) is 12.2. The second-order valence-corrected chi connectivity index (χ2v) is 6.58. The number of hydrogen-bond acceptors (Lipinski definition) is 3. The molecule has 1 amide bonds. The van der Waals surface area contributed by atoms with Crippen molar-refractivity contribution in [1.82, 2.24) is 10.2 Å². The van der Waals surface area contributed by atoms with Gasteiger partial charge in [0.1, 0.15) is 0 Å². The lowest BCUT2D eigenvalue weighted by atomic mass is 9.80. The Balaban J connectivity index is 0.00000147. The van der Waals surface area contributed by atoms with Crippen molar-refractivity contribution >= 4 is 18.3 Å². The molecule has 3 rings (SSSR count). The standard InChI is InChI=1S/C15H26N2O2.ClH/c18-14(11-13-1-6-16-7-2-13)17-8-3-15(12-17)4-9-19-10-5-15;/h13,16H,1-12H2;1H. The Hall–Kier alpha value is -0.320. The molecule has 0 saturated carbocycles. The number of carbonyl (C=O) groups excluding carboxylic acids is 1. The zero-order chi connectivity index (χ0) is 13.1. The van der Waals surface area contributed by atoms with E-state index in [9.17, 15) is 4.79 Å². The molecule has 116 valence electrons. The van der Waals surface area contributed by atoms with Crippen molar-refractivity contribution < 1.29 is 9.53 Å². The molecule has 3 saturated heterocycles. The second kappa shape index (κ2) is 7.10. The number of nitrogens with one attached hydrogen (secondary N) is 1. The molecule has 3 aliphatic heterocycles. The first-order valence-corrected chi connectivity index (χ1v) is 7.84. The van der Waals surface area contributed by atoms with Gasteiger partial charge >= 0.3 is 0 Å². The first kappa shape index (κ1) is 16.1. The number of nitrogens with zero attached hydrogens (tertiary/aromatic N) is 1. The fourth-order valence-corrected chi connectivity index (χ4v) is 3.82. The lowest BCUT2D eigenvalue weighted by Gasteiger charge is -2.33. The first-order chi connectivity index (χ1) is 9.27. The minimum Gasteiger partial charge on any atom is -0.381 e. The molecule has 0 unspecified atom stereocenters. The summed E-state index contributed by atoms with van der Waals surface area (Å²) >= 11 is 0. The average Bonchev–Trinajstić information content (AvgIpc) is 2.85. The van der Waals surface area contributed by atoms with E-state index < -0.39 is 0 Å². The monoisotopic (exact) mass is 302 g/mol.